The molecule has 1 heterocycles. The van der Waals surface area contributed by atoms with Crippen molar-refractivity contribution in [3.63, 3.8) is 0 Å². The second-order valence-electron chi connectivity index (χ2n) is 9.32. The zero-order valence-electron chi connectivity index (χ0n) is 19.9. The van der Waals surface area contributed by atoms with E-state index in [2.05, 4.69) is 33.4 Å². The molecule has 1 saturated carbocycles. The Balaban J connectivity index is 1.20. The molecule has 1 aliphatic heterocycles. The number of carbonyl (C=O) groups is 4. The molecule has 0 unspecified atom stereocenters. The summed E-state index contributed by atoms with van der Waals surface area (Å²) in [6.45, 7) is -0.439. The average molecular weight is 561 g/mol. The number of nitrogens with zero attached hydrogens (tertiary/aromatic N) is 1. The molecule has 2 fully saturated rings. The molecule has 0 aromatic heterocycles. The number of anilines is 2. The van der Waals surface area contributed by atoms with Gasteiger partial charge in [-0.3, -0.25) is 19.3 Å². The average Bonchev–Trinajstić information content (AvgIpc) is 3.18. The molecule has 1 N–H and O–H groups in total. The fourth-order valence-corrected chi connectivity index (χ4v) is 5.42. The maximum absolute atomic E-state index is 13.3. The number of benzene rings is 3. The lowest BCUT2D eigenvalue weighted by atomic mass is 9.73. The van der Waals surface area contributed by atoms with Gasteiger partial charge >= 0.3 is 5.97 Å². The maximum Gasteiger partial charge on any atom is 0.338 e. The van der Waals surface area contributed by atoms with Crippen LogP contribution in [0.5, 0.6) is 0 Å². The minimum absolute atomic E-state index is 0.179. The third-order valence-electron chi connectivity index (χ3n) is 7.02. The van der Waals surface area contributed by atoms with Crippen molar-refractivity contribution in [3.05, 3.63) is 94.5 Å². The van der Waals surface area contributed by atoms with Crippen LogP contribution in [0.3, 0.4) is 0 Å². The number of carbonyl (C=O) groups excluding carboxylic acids is 4. The minimum Gasteiger partial charge on any atom is -0.452 e. The van der Waals surface area contributed by atoms with Gasteiger partial charge in [0.25, 0.3) is 5.91 Å². The van der Waals surface area contributed by atoms with Crippen molar-refractivity contribution in [1.29, 1.82) is 0 Å². The number of fused-ring (bicyclic) bond motifs is 1. The summed E-state index contributed by atoms with van der Waals surface area (Å²) in [5.74, 6) is -1.87. The molecular weight excluding hydrogens is 536 g/mol. The largest absolute Gasteiger partial charge is 0.452 e. The van der Waals surface area contributed by atoms with Crippen LogP contribution in [-0.2, 0) is 19.1 Å². The van der Waals surface area contributed by atoms with Gasteiger partial charge in [0.05, 0.1) is 23.1 Å². The highest BCUT2D eigenvalue weighted by molar-refractivity contribution is 9.10. The van der Waals surface area contributed by atoms with Crippen LogP contribution in [0.1, 0.15) is 41.1 Å². The third-order valence-corrected chi connectivity index (χ3v) is 7.55. The summed E-state index contributed by atoms with van der Waals surface area (Å²) in [5, 5.41) is 2.65. The standard InChI is InChI=1S/C29H25BrN2O5/c30-21-9-11-22(12-10-21)31-26(33)17-37-29(36)19-6-13-23(14-7-19)32-27(34)24-15-8-20(16-25(24)28(32)35)18-4-2-1-3-5-18/h1-7,9-14,20,24-25H,8,15-17H2,(H,31,33)/t20-,24+,25+/m0/s1. The van der Waals surface area contributed by atoms with Gasteiger partial charge in [-0.15, -0.1) is 0 Å². The number of hydrogen-bond donors (Lipinski definition) is 1. The molecule has 0 spiro atoms. The first-order valence-electron chi connectivity index (χ1n) is 12.2. The van der Waals surface area contributed by atoms with E-state index in [1.807, 2.05) is 18.2 Å². The second kappa shape index (κ2) is 10.7. The topological polar surface area (TPSA) is 92.8 Å². The number of amides is 3. The zero-order valence-corrected chi connectivity index (χ0v) is 21.5. The Bertz CT molecular complexity index is 1320. The predicted octanol–water partition coefficient (Wildman–Crippen LogP) is 5.32. The number of ether oxygens (including phenoxy) is 1. The second-order valence-corrected chi connectivity index (χ2v) is 10.2. The Morgan fingerprint density at radius 1 is 0.865 bits per heavy atom. The van der Waals surface area contributed by atoms with E-state index in [0.717, 1.165) is 10.9 Å². The maximum atomic E-state index is 13.3. The lowest BCUT2D eigenvalue weighted by Crippen LogP contribution is -2.30. The van der Waals surface area contributed by atoms with Crippen LogP contribution in [-0.4, -0.2) is 30.3 Å². The number of esters is 1. The Morgan fingerprint density at radius 3 is 2.24 bits per heavy atom. The Morgan fingerprint density at radius 2 is 1.54 bits per heavy atom. The van der Waals surface area contributed by atoms with Crippen LogP contribution in [0, 0.1) is 11.8 Å². The van der Waals surface area contributed by atoms with Gasteiger partial charge in [0.2, 0.25) is 11.8 Å². The molecule has 3 atom stereocenters. The number of halogens is 1. The summed E-state index contributed by atoms with van der Waals surface area (Å²) < 4.78 is 6.00. The number of imide groups is 1. The monoisotopic (exact) mass is 560 g/mol. The Labute approximate surface area is 222 Å². The first-order valence-corrected chi connectivity index (χ1v) is 13.0. The van der Waals surface area contributed by atoms with Crippen molar-refractivity contribution in [3.8, 4) is 0 Å². The summed E-state index contributed by atoms with van der Waals surface area (Å²) in [6.07, 6.45) is 2.21. The molecule has 1 aliphatic carbocycles. The smallest absolute Gasteiger partial charge is 0.338 e. The molecule has 188 valence electrons. The van der Waals surface area contributed by atoms with Gasteiger partial charge in [0.15, 0.2) is 6.61 Å². The molecule has 3 amide bonds. The van der Waals surface area contributed by atoms with E-state index >= 15 is 0 Å². The van der Waals surface area contributed by atoms with Gasteiger partial charge in [-0.2, -0.15) is 0 Å². The van der Waals surface area contributed by atoms with Crippen molar-refractivity contribution < 1.29 is 23.9 Å². The molecule has 2 aliphatic rings. The number of rotatable bonds is 6. The van der Waals surface area contributed by atoms with E-state index in [1.54, 1.807) is 36.4 Å². The van der Waals surface area contributed by atoms with Crippen molar-refractivity contribution >= 4 is 51.0 Å². The Kier molecular flexibility index (Phi) is 7.19. The predicted molar refractivity (Wildman–Crippen MR) is 142 cm³/mol. The van der Waals surface area contributed by atoms with Gasteiger partial charge < -0.3 is 10.1 Å². The number of hydrogen-bond acceptors (Lipinski definition) is 5. The summed E-state index contributed by atoms with van der Waals surface area (Å²) in [6, 6.07) is 23.3. The van der Waals surface area contributed by atoms with Crippen LogP contribution in [0.2, 0.25) is 0 Å². The molecule has 0 bridgehead atoms. The molecule has 3 aromatic rings. The molecule has 8 heteroatoms. The van der Waals surface area contributed by atoms with E-state index in [4.69, 9.17) is 4.74 Å². The van der Waals surface area contributed by atoms with Crippen LogP contribution in [0.15, 0.2) is 83.3 Å². The van der Waals surface area contributed by atoms with E-state index < -0.39 is 18.5 Å². The van der Waals surface area contributed by atoms with E-state index in [-0.39, 0.29) is 35.1 Å². The minimum atomic E-state index is -0.670. The van der Waals surface area contributed by atoms with E-state index in [9.17, 15) is 19.2 Å². The highest BCUT2D eigenvalue weighted by atomic mass is 79.9. The highest BCUT2D eigenvalue weighted by Crippen LogP contribution is 2.45. The van der Waals surface area contributed by atoms with Crippen LogP contribution < -0.4 is 10.2 Å². The first-order chi connectivity index (χ1) is 17.9. The molecule has 7 nitrogen and oxygen atoms in total. The van der Waals surface area contributed by atoms with Crippen molar-refractivity contribution in [1.82, 2.24) is 0 Å². The van der Waals surface area contributed by atoms with Gasteiger partial charge in [-0.05, 0) is 79.3 Å². The van der Waals surface area contributed by atoms with Gasteiger partial charge in [-0.25, -0.2) is 4.79 Å². The zero-order chi connectivity index (χ0) is 25.9. The molecule has 5 rings (SSSR count). The summed E-state index contributed by atoms with van der Waals surface area (Å²) in [5.41, 5.74) is 2.45. The molecular formula is C29H25BrN2O5. The summed E-state index contributed by atoms with van der Waals surface area (Å²) >= 11 is 3.32. The Hall–Kier alpha value is -3.78. The fourth-order valence-electron chi connectivity index (χ4n) is 5.15. The summed E-state index contributed by atoms with van der Waals surface area (Å²) in [4.78, 5) is 52.2. The van der Waals surface area contributed by atoms with E-state index in [1.165, 1.54) is 22.6 Å². The lowest BCUT2D eigenvalue weighted by molar-refractivity contribution is -0.122. The first kappa shape index (κ1) is 24.9. The van der Waals surface area contributed by atoms with Gasteiger partial charge in [-0.1, -0.05) is 46.3 Å². The van der Waals surface area contributed by atoms with E-state index in [0.29, 0.717) is 24.2 Å². The van der Waals surface area contributed by atoms with Crippen LogP contribution in [0.4, 0.5) is 11.4 Å². The van der Waals surface area contributed by atoms with Crippen molar-refractivity contribution in [2.45, 2.75) is 25.2 Å². The normalized spacial score (nSPS) is 20.9. The number of nitrogens with one attached hydrogen (secondary N) is 1. The molecule has 37 heavy (non-hydrogen) atoms. The van der Waals surface area contributed by atoms with Crippen LogP contribution in [0.25, 0.3) is 0 Å². The van der Waals surface area contributed by atoms with Crippen molar-refractivity contribution in [2.24, 2.45) is 11.8 Å². The quantitative estimate of drug-likeness (QED) is 0.325. The summed E-state index contributed by atoms with van der Waals surface area (Å²) in [7, 11) is 0. The van der Waals surface area contributed by atoms with Crippen LogP contribution >= 0.6 is 15.9 Å². The third kappa shape index (κ3) is 5.34. The SMILES string of the molecule is O=C(COC(=O)c1ccc(N2C(=O)[C@@H]3CC[C@H](c4ccccc4)C[C@H]3C2=O)cc1)Nc1ccc(Br)cc1. The molecule has 1 saturated heterocycles. The highest BCUT2D eigenvalue weighted by Gasteiger charge is 2.50. The molecule has 3 aromatic carbocycles. The van der Waals surface area contributed by atoms with Gasteiger partial charge in [0, 0.05) is 10.2 Å². The van der Waals surface area contributed by atoms with Gasteiger partial charge in [0.1, 0.15) is 0 Å². The van der Waals surface area contributed by atoms with Crippen molar-refractivity contribution in [2.75, 3.05) is 16.8 Å². The molecule has 0 radical (unpaired) electrons. The fraction of sp³-hybridized carbons (Fsp3) is 0.241. The lowest BCUT2D eigenvalue weighted by Gasteiger charge is -2.28.